The van der Waals surface area contributed by atoms with Crippen molar-refractivity contribution in [1.82, 2.24) is 4.90 Å². The molecule has 2 rings (SSSR count). The van der Waals surface area contributed by atoms with Crippen LogP contribution in [0.25, 0.3) is 0 Å². The predicted molar refractivity (Wildman–Crippen MR) is 83.8 cm³/mol. The maximum absolute atomic E-state index is 12.2. The summed E-state index contributed by atoms with van der Waals surface area (Å²) >= 11 is 3.39. The minimum atomic E-state index is -0.0641. The van der Waals surface area contributed by atoms with Crippen LogP contribution in [0.2, 0.25) is 0 Å². The Kier molecular flexibility index (Phi) is 5.05. The van der Waals surface area contributed by atoms with E-state index in [2.05, 4.69) is 28.2 Å². The molecule has 20 heavy (non-hydrogen) atoms. The van der Waals surface area contributed by atoms with Gasteiger partial charge in [0.1, 0.15) is 0 Å². The fraction of sp³-hybridized carbons (Fsp3) is 0.533. The van der Waals surface area contributed by atoms with Gasteiger partial charge < -0.3 is 15.3 Å². The second kappa shape index (κ2) is 6.59. The van der Waals surface area contributed by atoms with Crippen molar-refractivity contribution in [3.63, 3.8) is 0 Å². The highest BCUT2D eigenvalue weighted by atomic mass is 79.9. The quantitative estimate of drug-likeness (QED) is 0.885. The van der Waals surface area contributed by atoms with E-state index in [1.807, 2.05) is 29.2 Å². The van der Waals surface area contributed by atoms with Gasteiger partial charge in [-0.25, -0.2) is 4.79 Å². The number of rotatable bonds is 3. The number of hydrogen-bond donors (Lipinski definition) is 2. The third-order valence-corrected chi connectivity index (χ3v) is 4.77. The van der Waals surface area contributed by atoms with Crippen LogP contribution in [0.1, 0.15) is 26.2 Å². The van der Waals surface area contributed by atoms with Gasteiger partial charge in [-0.3, -0.25) is 0 Å². The number of nitrogens with one attached hydrogen (secondary N) is 1. The third kappa shape index (κ3) is 3.52. The zero-order chi connectivity index (χ0) is 14.6. The van der Waals surface area contributed by atoms with E-state index in [1.165, 1.54) is 0 Å². The molecule has 0 spiro atoms. The number of anilines is 1. The summed E-state index contributed by atoms with van der Waals surface area (Å²) in [4.78, 5) is 14.0. The van der Waals surface area contributed by atoms with Gasteiger partial charge in [-0.15, -0.1) is 0 Å². The van der Waals surface area contributed by atoms with Crippen molar-refractivity contribution in [2.24, 2.45) is 5.41 Å². The molecule has 1 aromatic rings. The highest BCUT2D eigenvalue weighted by Gasteiger charge is 2.33. The van der Waals surface area contributed by atoms with Crippen LogP contribution in [-0.4, -0.2) is 35.7 Å². The molecule has 1 aromatic carbocycles. The highest BCUT2D eigenvalue weighted by Crippen LogP contribution is 2.34. The number of carbonyl (C=O) groups is 1. The van der Waals surface area contributed by atoms with E-state index in [9.17, 15) is 9.90 Å². The van der Waals surface area contributed by atoms with Crippen LogP contribution in [-0.2, 0) is 0 Å². The number of nitrogens with zero attached hydrogens (tertiary/aromatic N) is 1. The molecule has 110 valence electrons. The minimum absolute atomic E-state index is 0.00650. The number of halogens is 1. The number of hydrogen-bond acceptors (Lipinski definition) is 2. The molecule has 1 heterocycles. The van der Waals surface area contributed by atoms with E-state index in [-0.39, 0.29) is 18.1 Å². The van der Waals surface area contributed by atoms with Crippen molar-refractivity contribution in [1.29, 1.82) is 0 Å². The fourth-order valence-corrected chi connectivity index (χ4v) is 2.98. The van der Waals surface area contributed by atoms with Gasteiger partial charge in [-0.05, 0) is 42.9 Å². The Labute approximate surface area is 128 Å². The first-order valence-corrected chi connectivity index (χ1v) is 7.80. The van der Waals surface area contributed by atoms with Crippen LogP contribution < -0.4 is 5.32 Å². The summed E-state index contributed by atoms with van der Waals surface area (Å²) in [5.41, 5.74) is 0.797. The van der Waals surface area contributed by atoms with Gasteiger partial charge in [-0.2, -0.15) is 0 Å². The van der Waals surface area contributed by atoms with Gasteiger partial charge in [0.2, 0.25) is 0 Å². The lowest BCUT2D eigenvalue weighted by Gasteiger charge is -2.40. The first kappa shape index (κ1) is 15.3. The molecule has 0 atom stereocenters. The van der Waals surface area contributed by atoms with E-state index < -0.39 is 0 Å². The Morgan fingerprint density at radius 3 is 2.70 bits per heavy atom. The second-order valence-corrected chi connectivity index (χ2v) is 6.35. The summed E-state index contributed by atoms with van der Waals surface area (Å²) in [7, 11) is 0. The Hall–Kier alpha value is -1.07. The second-order valence-electron chi connectivity index (χ2n) is 5.44. The van der Waals surface area contributed by atoms with Crippen molar-refractivity contribution in [2.45, 2.75) is 26.2 Å². The van der Waals surface area contributed by atoms with Gasteiger partial charge in [0.05, 0.1) is 0 Å². The molecule has 0 bridgehead atoms. The van der Waals surface area contributed by atoms with Crippen LogP contribution in [0.15, 0.2) is 28.7 Å². The lowest BCUT2D eigenvalue weighted by molar-refractivity contribution is 0.0542. The van der Waals surface area contributed by atoms with E-state index >= 15 is 0 Å². The molecule has 1 aliphatic rings. The standard InChI is InChI=1S/C15H21BrN2O2/c1-2-15(11-19)6-8-18(9-7-15)14(20)17-13-5-3-4-12(16)10-13/h3-5,10,19H,2,6-9,11H2,1H3,(H,17,20). The average molecular weight is 341 g/mol. The van der Waals surface area contributed by atoms with Crippen molar-refractivity contribution in [3.8, 4) is 0 Å². The molecule has 0 radical (unpaired) electrons. The van der Waals surface area contributed by atoms with Gasteiger partial charge in [0, 0.05) is 29.9 Å². The fourth-order valence-electron chi connectivity index (χ4n) is 2.58. The van der Waals surface area contributed by atoms with Crippen LogP contribution >= 0.6 is 15.9 Å². The lowest BCUT2D eigenvalue weighted by atomic mass is 9.77. The summed E-state index contributed by atoms with van der Waals surface area (Å²) in [6, 6.07) is 7.51. The van der Waals surface area contributed by atoms with Crippen molar-refractivity contribution in [2.75, 3.05) is 25.0 Å². The maximum Gasteiger partial charge on any atom is 0.321 e. The number of aliphatic hydroxyl groups is 1. The number of piperidine rings is 1. The monoisotopic (exact) mass is 340 g/mol. The van der Waals surface area contributed by atoms with Crippen LogP contribution in [0, 0.1) is 5.41 Å². The molecule has 1 saturated heterocycles. The minimum Gasteiger partial charge on any atom is -0.396 e. The molecular weight excluding hydrogens is 320 g/mol. The molecule has 4 nitrogen and oxygen atoms in total. The first-order valence-electron chi connectivity index (χ1n) is 7.01. The number of urea groups is 1. The number of likely N-dealkylation sites (tertiary alicyclic amines) is 1. The number of benzene rings is 1. The van der Waals surface area contributed by atoms with Gasteiger partial charge >= 0.3 is 6.03 Å². The summed E-state index contributed by atoms with van der Waals surface area (Å²) < 4.78 is 0.944. The van der Waals surface area contributed by atoms with Gasteiger partial charge in [0.15, 0.2) is 0 Å². The Balaban J connectivity index is 1.92. The number of carbonyl (C=O) groups excluding carboxylic acids is 1. The zero-order valence-corrected chi connectivity index (χ0v) is 13.3. The summed E-state index contributed by atoms with van der Waals surface area (Å²) in [5, 5.41) is 12.4. The summed E-state index contributed by atoms with van der Waals surface area (Å²) in [5.74, 6) is 0. The molecule has 1 aliphatic heterocycles. The van der Waals surface area contributed by atoms with Crippen LogP contribution in [0.5, 0.6) is 0 Å². The SMILES string of the molecule is CCC1(CO)CCN(C(=O)Nc2cccc(Br)c2)CC1. The Bertz CT molecular complexity index is 465. The van der Waals surface area contributed by atoms with Crippen LogP contribution in [0.3, 0.4) is 0 Å². The number of aliphatic hydroxyl groups excluding tert-OH is 1. The normalized spacial score (nSPS) is 17.9. The molecule has 0 aliphatic carbocycles. The Morgan fingerprint density at radius 2 is 2.15 bits per heavy atom. The lowest BCUT2D eigenvalue weighted by Crippen LogP contribution is -2.46. The van der Waals surface area contributed by atoms with Crippen molar-refractivity contribution in [3.05, 3.63) is 28.7 Å². The predicted octanol–water partition coefficient (Wildman–Crippen LogP) is 3.47. The number of amides is 2. The molecule has 0 unspecified atom stereocenters. The Morgan fingerprint density at radius 1 is 1.45 bits per heavy atom. The molecule has 2 amide bonds. The zero-order valence-electron chi connectivity index (χ0n) is 11.7. The van der Waals surface area contributed by atoms with E-state index in [1.54, 1.807) is 0 Å². The van der Waals surface area contributed by atoms with E-state index in [0.29, 0.717) is 13.1 Å². The highest BCUT2D eigenvalue weighted by molar-refractivity contribution is 9.10. The first-order chi connectivity index (χ1) is 9.58. The topological polar surface area (TPSA) is 52.6 Å². The average Bonchev–Trinajstić information content (AvgIpc) is 2.47. The van der Waals surface area contributed by atoms with Crippen molar-refractivity contribution < 1.29 is 9.90 Å². The molecule has 5 heteroatoms. The van der Waals surface area contributed by atoms with Crippen molar-refractivity contribution >= 4 is 27.6 Å². The molecule has 0 saturated carbocycles. The smallest absolute Gasteiger partial charge is 0.321 e. The molecule has 2 N–H and O–H groups in total. The van der Waals surface area contributed by atoms with E-state index in [4.69, 9.17) is 0 Å². The van der Waals surface area contributed by atoms with E-state index in [0.717, 1.165) is 29.4 Å². The molecule has 0 aromatic heterocycles. The largest absolute Gasteiger partial charge is 0.396 e. The molecular formula is C15H21BrN2O2. The van der Waals surface area contributed by atoms with Crippen LogP contribution in [0.4, 0.5) is 10.5 Å². The molecule has 1 fully saturated rings. The van der Waals surface area contributed by atoms with Gasteiger partial charge in [-0.1, -0.05) is 28.9 Å². The summed E-state index contributed by atoms with van der Waals surface area (Å²) in [6.45, 7) is 3.72. The third-order valence-electron chi connectivity index (χ3n) is 4.27. The van der Waals surface area contributed by atoms with Gasteiger partial charge in [0.25, 0.3) is 0 Å². The maximum atomic E-state index is 12.2. The summed E-state index contributed by atoms with van der Waals surface area (Å²) in [6.07, 6.45) is 2.70.